The van der Waals surface area contributed by atoms with Crippen molar-refractivity contribution in [2.24, 2.45) is 12.0 Å². The second-order valence-electron chi connectivity index (χ2n) is 7.08. The predicted molar refractivity (Wildman–Crippen MR) is 110 cm³/mol. The molecule has 0 spiro atoms. The smallest absolute Gasteiger partial charge is 0.227 e. The first-order valence-corrected chi connectivity index (χ1v) is 9.80. The van der Waals surface area contributed by atoms with E-state index in [0.717, 1.165) is 37.7 Å². The van der Waals surface area contributed by atoms with Crippen molar-refractivity contribution in [1.82, 2.24) is 25.0 Å². The summed E-state index contributed by atoms with van der Waals surface area (Å²) < 4.78 is 1.85. The van der Waals surface area contributed by atoms with E-state index in [4.69, 9.17) is 0 Å². The molecule has 2 aromatic rings. The van der Waals surface area contributed by atoms with E-state index in [1.165, 1.54) is 5.56 Å². The van der Waals surface area contributed by atoms with Crippen LogP contribution in [0.25, 0.3) is 0 Å². The lowest BCUT2D eigenvalue weighted by molar-refractivity contribution is -0.116. The number of likely N-dealkylation sites (tertiary alicyclic amines) is 1. The van der Waals surface area contributed by atoms with Gasteiger partial charge in [-0.25, -0.2) is 4.98 Å². The average molecular weight is 384 g/mol. The molecule has 3 rings (SSSR count). The van der Waals surface area contributed by atoms with Gasteiger partial charge >= 0.3 is 0 Å². The van der Waals surface area contributed by atoms with E-state index in [0.29, 0.717) is 24.7 Å². The number of nitrogens with one attached hydrogen (secondary N) is 2. The summed E-state index contributed by atoms with van der Waals surface area (Å²) in [5, 5.41) is 10.4. The minimum absolute atomic E-state index is 0.0765. The number of carbonyl (C=O) groups is 1. The fourth-order valence-electron chi connectivity index (χ4n) is 3.38. The number of pyridine rings is 1. The van der Waals surface area contributed by atoms with Crippen molar-refractivity contribution in [3.05, 3.63) is 41.9 Å². The SMILES string of the molecule is CCNC(=NCCC(=O)Nc1cccc(C)n1)N1CCC(c2cnn(C)c2)C1. The first-order chi connectivity index (χ1) is 13.5. The molecule has 0 aliphatic carbocycles. The van der Waals surface area contributed by atoms with Crippen molar-refractivity contribution in [2.45, 2.75) is 32.6 Å². The molecule has 1 fully saturated rings. The molecule has 0 aromatic carbocycles. The summed E-state index contributed by atoms with van der Waals surface area (Å²) in [6.45, 7) is 7.06. The maximum atomic E-state index is 12.2. The van der Waals surface area contributed by atoms with Gasteiger partial charge in [0.15, 0.2) is 5.96 Å². The minimum atomic E-state index is -0.0765. The molecule has 0 saturated carbocycles. The highest BCUT2D eigenvalue weighted by atomic mass is 16.1. The number of rotatable bonds is 6. The number of aliphatic imine (C=N–C) groups is 1. The summed E-state index contributed by atoms with van der Waals surface area (Å²) in [7, 11) is 1.94. The Labute approximate surface area is 166 Å². The average Bonchev–Trinajstić information content (AvgIpc) is 3.30. The summed E-state index contributed by atoms with van der Waals surface area (Å²) in [6.07, 6.45) is 5.43. The van der Waals surface area contributed by atoms with E-state index in [2.05, 4.69) is 43.7 Å². The van der Waals surface area contributed by atoms with Crippen LogP contribution < -0.4 is 10.6 Å². The lowest BCUT2D eigenvalue weighted by atomic mass is 10.0. The Bertz CT molecular complexity index is 829. The molecule has 2 N–H and O–H groups in total. The molecule has 1 aliphatic heterocycles. The molecule has 1 saturated heterocycles. The highest BCUT2D eigenvalue weighted by molar-refractivity contribution is 5.90. The first kappa shape index (κ1) is 19.9. The number of nitrogens with zero attached hydrogens (tertiary/aromatic N) is 5. The van der Waals surface area contributed by atoms with Gasteiger partial charge in [0.25, 0.3) is 0 Å². The molecule has 28 heavy (non-hydrogen) atoms. The zero-order valence-corrected chi connectivity index (χ0v) is 16.9. The van der Waals surface area contributed by atoms with E-state index in [1.54, 1.807) is 6.07 Å². The Kier molecular flexibility index (Phi) is 6.62. The van der Waals surface area contributed by atoms with Gasteiger partial charge in [-0.15, -0.1) is 0 Å². The zero-order valence-electron chi connectivity index (χ0n) is 16.9. The van der Waals surface area contributed by atoms with Crippen LogP contribution in [0.4, 0.5) is 5.82 Å². The monoisotopic (exact) mass is 383 g/mol. The van der Waals surface area contributed by atoms with Crippen LogP contribution in [0.3, 0.4) is 0 Å². The minimum Gasteiger partial charge on any atom is -0.357 e. The number of carbonyl (C=O) groups excluding carboxylic acids is 1. The molecule has 1 aliphatic rings. The summed E-state index contributed by atoms with van der Waals surface area (Å²) in [4.78, 5) is 23.4. The highest BCUT2D eigenvalue weighted by Crippen LogP contribution is 2.26. The first-order valence-electron chi connectivity index (χ1n) is 9.80. The third kappa shape index (κ3) is 5.31. The summed E-state index contributed by atoms with van der Waals surface area (Å²) in [5.41, 5.74) is 2.15. The lowest BCUT2D eigenvalue weighted by Gasteiger charge is -2.21. The highest BCUT2D eigenvalue weighted by Gasteiger charge is 2.26. The lowest BCUT2D eigenvalue weighted by Crippen LogP contribution is -2.40. The maximum absolute atomic E-state index is 12.2. The van der Waals surface area contributed by atoms with Crippen molar-refractivity contribution >= 4 is 17.7 Å². The van der Waals surface area contributed by atoms with Gasteiger partial charge < -0.3 is 15.5 Å². The molecule has 150 valence electrons. The van der Waals surface area contributed by atoms with Gasteiger partial charge in [0.05, 0.1) is 12.7 Å². The number of hydrogen-bond acceptors (Lipinski definition) is 4. The van der Waals surface area contributed by atoms with Gasteiger partial charge in [-0.3, -0.25) is 14.5 Å². The number of amides is 1. The van der Waals surface area contributed by atoms with E-state index in [9.17, 15) is 4.79 Å². The quantitative estimate of drug-likeness (QED) is 0.588. The molecule has 2 aromatic heterocycles. The van der Waals surface area contributed by atoms with Crippen LogP contribution in [0.1, 0.15) is 36.9 Å². The largest absolute Gasteiger partial charge is 0.357 e. The van der Waals surface area contributed by atoms with Crippen LogP contribution >= 0.6 is 0 Å². The van der Waals surface area contributed by atoms with Crippen molar-refractivity contribution in [3.63, 3.8) is 0 Å². The Morgan fingerprint density at radius 2 is 2.25 bits per heavy atom. The molecular formula is C20H29N7O. The molecule has 8 nitrogen and oxygen atoms in total. The van der Waals surface area contributed by atoms with Gasteiger partial charge in [-0.1, -0.05) is 6.07 Å². The molecule has 0 bridgehead atoms. The van der Waals surface area contributed by atoms with Gasteiger partial charge in [0, 0.05) is 50.9 Å². The maximum Gasteiger partial charge on any atom is 0.227 e. The Morgan fingerprint density at radius 1 is 1.39 bits per heavy atom. The standard InChI is InChI=1S/C20H29N7O/c1-4-21-20(27-11-9-16(14-27)17-12-23-26(3)13-17)22-10-8-19(28)25-18-7-5-6-15(2)24-18/h5-7,12-13,16H,4,8-11,14H2,1-3H3,(H,21,22)(H,24,25,28). The molecule has 0 radical (unpaired) electrons. The molecule has 8 heteroatoms. The van der Waals surface area contributed by atoms with E-state index >= 15 is 0 Å². The third-order valence-electron chi connectivity index (χ3n) is 4.78. The fraction of sp³-hybridized carbons (Fsp3) is 0.500. The number of hydrogen-bond donors (Lipinski definition) is 2. The van der Waals surface area contributed by atoms with E-state index < -0.39 is 0 Å². The van der Waals surface area contributed by atoms with Gasteiger partial charge in [0.2, 0.25) is 5.91 Å². The number of anilines is 1. The Balaban J connectivity index is 1.53. The Hall–Kier alpha value is -2.90. The van der Waals surface area contributed by atoms with Crippen LogP contribution in [-0.2, 0) is 11.8 Å². The van der Waals surface area contributed by atoms with Crippen molar-refractivity contribution < 1.29 is 4.79 Å². The van der Waals surface area contributed by atoms with Crippen molar-refractivity contribution in [2.75, 3.05) is 31.5 Å². The summed E-state index contributed by atoms with van der Waals surface area (Å²) in [6, 6.07) is 5.57. The fourth-order valence-corrected chi connectivity index (χ4v) is 3.38. The second-order valence-corrected chi connectivity index (χ2v) is 7.08. The van der Waals surface area contributed by atoms with E-state index in [-0.39, 0.29) is 5.91 Å². The molecule has 3 heterocycles. The molecule has 1 unspecified atom stereocenters. The van der Waals surface area contributed by atoms with E-state index in [1.807, 2.05) is 37.0 Å². The van der Waals surface area contributed by atoms with Crippen LogP contribution in [-0.4, -0.2) is 57.7 Å². The summed E-state index contributed by atoms with van der Waals surface area (Å²) >= 11 is 0. The topological polar surface area (TPSA) is 87.4 Å². The summed E-state index contributed by atoms with van der Waals surface area (Å²) in [5.74, 6) is 1.84. The number of aromatic nitrogens is 3. The second kappa shape index (κ2) is 9.34. The van der Waals surface area contributed by atoms with Crippen molar-refractivity contribution in [1.29, 1.82) is 0 Å². The number of guanidine groups is 1. The van der Waals surface area contributed by atoms with Gasteiger partial charge in [0.1, 0.15) is 5.82 Å². The van der Waals surface area contributed by atoms with Crippen LogP contribution in [0.5, 0.6) is 0 Å². The van der Waals surface area contributed by atoms with Crippen LogP contribution in [0.2, 0.25) is 0 Å². The van der Waals surface area contributed by atoms with Gasteiger partial charge in [-0.05, 0) is 38.0 Å². The molecular weight excluding hydrogens is 354 g/mol. The molecule has 1 amide bonds. The normalized spacial score (nSPS) is 17.0. The van der Waals surface area contributed by atoms with Crippen LogP contribution in [0.15, 0.2) is 35.6 Å². The number of aryl methyl sites for hydroxylation is 2. The zero-order chi connectivity index (χ0) is 19.9. The molecule has 1 atom stereocenters. The predicted octanol–water partition coefficient (Wildman–Crippen LogP) is 1.91. The van der Waals surface area contributed by atoms with Crippen LogP contribution in [0, 0.1) is 6.92 Å². The van der Waals surface area contributed by atoms with Crippen molar-refractivity contribution in [3.8, 4) is 0 Å². The Morgan fingerprint density at radius 3 is 2.96 bits per heavy atom. The van der Waals surface area contributed by atoms with Gasteiger partial charge in [-0.2, -0.15) is 5.10 Å². The third-order valence-corrected chi connectivity index (χ3v) is 4.78.